The van der Waals surface area contributed by atoms with Crippen LogP contribution in [0, 0.1) is 52.3 Å². The van der Waals surface area contributed by atoms with E-state index in [1.807, 2.05) is 0 Å². The van der Waals surface area contributed by atoms with Crippen molar-refractivity contribution in [3.63, 3.8) is 0 Å². The van der Waals surface area contributed by atoms with E-state index < -0.39 is 124 Å². The van der Waals surface area contributed by atoms with Crippen LogP contribution in [0.15, 0.2) is 11.8 Å². The van der Waals surface area contributed by atoms with Crippen LogP contribution in [0.2, 0.25) is 0 Å². The molecule has 1 unspecified atom stereocenters. The number of carbonyl (C=O) groups excluding carboxylic acids is 4. The zero-order valence-electron chi connectivity index (χ0n) is 25.4. The molecule has 0 radical (unpaired) electrons. The summed E-state index contributed by atoms with van der Waals surface area (Å²) >= 11 is 0. The summed E-state index contributed by atoms with van der Waals surface area (Å²) in [4.78, 5) is 52.6. The quantitative estimate of drug-likeness (QED) is 0.143. The number of rotatable bonds is 2. The van der Waals surface area contributed by atoms with Gasteiger partial charge in [-0.3, -0.25) is 14.4 Å². The van der Waals surface area contributed by atoms with Gasteiger partial charge in [-0.25, -0.2) is 4.79 Å². The maximum absolute atomic E-state index is 14.0. The fraction of sp³-hybridized carbons (Fsp3) is 0.806. The Morgan fingerprint density at radius 3 is 2.23 bits per heavy atom. The van der Waals surface area contributed by atoms with Gasteiger partial charge in [0, 0.05) is 54.8 Å². The smallest absolute Gasteiger partial charge is 0.343 e. The van der Waals surface area contributed by atoms with Gasteiger partial charge in [0.25, 0.3) is 0 Å². The summed E-state index contributed by atoms with van der Waals surface area (Å²) in [5.41, 5.74) is -7.17. The van der Waals surface area contributed by atoms with Crippen molar-refractivity contribution < 1.29 is 63.7 Å². The van der Waals surface area contributed by atoms with Crippen LogP contribution in [0.1, 0.15) is 48.0 Å². The molecule has 18 atom stereocenters. The highest BCUT2D eigenvalue weighted by molar-refractivity contribution is 5.88. The van der Waals surface area contributed by atoms with Crippen LogP contribution in [-0.4, -0.2) is 103 Å². The molecule has 5 aliphatic carbocycles. The van der Waals surface area contributed by atoms with Gasteiger partial charge in [-0.1, -0.05) is 13.8 Å². The lowest BCUT2D eigenvalue weighted by molar-refractivity contribution is -0.292. The zero-order valence-corrected chi connectivity index (χ0v) is 25.4. The van der Waals surface area contributed by atoms with Gasteiger partial charge in [0.15, 0.2) is 17.0 Å². The first kappa shape index (κ1) is 30.2. The molecule has 0 aromatic heterocycles. The van der Waals surface area contributed by atoms with Crippen LogP contribution >= 0.6 is 0 Å². The summed E-state index contributed by atoms with van der Waals surface area (Å²) in [6, 6.07) is 0. The lowest BCUT2D eigenvalue weighted by Gasteiger charge is -2.64. The molecule has 0 spiro atoms. The maximum atomic E-state index is 14.0. The number of hydrogen-bond acceptors (Lipinski definition) is 13. The molecule has 0 bridgehead atoms. The summed E-state index contributed by atoms with van der Waals surface area (Å²) in [5.74, 6) is -10.5. The third-order valence-electron chi connectivity index (χ3n) is 13.0. The molecule has 6 fully saturated rings. The molecule has 44 heavy (non-hydrogen) atoms. The zero-order chi connectivity index (χ0) is 32.2. The fourth-order valence-electron chi connectivity index (χ4n) is 11.1. The van der Waals surface area contributed by atoms with Crippen LogP contribution < -0.4 is 0 Å². The van der Waals surface area contributed by atoms with Crippen LogP contribution in [-0.2, 0) is 38.1 Å². The molecule has 7 rings (SSSR count). The number of ether oxygens (including phenoxy) is 4. The van der Waals surface area contributed by atoms with Gasteiger partial charge in [-0.05, 0) is 32.3 Å². The molecular formula is C31H40O13. The van der Waals surface area contributed by atoms with E-state index in [1.165, 1.54) is 6.92 Å². The van der Waals surface area contributed by atoms with E-state index in [0.29, 0.717) is 0 Å². The van der Waals surface area contributed by atoms with Gasteiger partial charge in [-0.2, -0.15) is 0 Å². The molecule has 13 heteroatoms. The summed E-state index contributed by atoms with van der Waals surface area (Å²) in [6.45, 7) is 8.45. The number of carbonyl (C=O) groups is 4. The van der Waals surface area contributed by atoms with Gasteiger partial charge in [0.05, 0.1) is 23.7 Å². The highest BCUT2D eigenvalue weighted by Gasteiger charge is 2.84. The standard InChI is InChI=1S/C31H40O13/c1-9-7-14-29(5,30(6,40)27(39)43-14)19-16(9)31(44-11(3)33)17(22(19)36)15-18(24(26(31)38)41-10(2)32)28(4)12(20(34)21(15)35)8-13-23(42-13)25(28)37/h7,9,12-13,15-19,21-26,35-38,40H,8H2,1-6H3/t9-,12?,13+,15+,16+,17-,18-,19+,21-,22-,23+,24+,25+,26+,28+,29+,30-,31+/m1/s1. The second-order valence-corrected chi connectivity index (χ2v) is 14.8. The molecule has 4 saturated carbocycles. The average Bonchev–Trinajstić information content (AvgIpc) is 3.62. The van der Waals surface area contributed by atoms with Gasteiger partial charge in [0.1, 0.15) is 30.2 Å². The summed E-state index contributed by atoms with van der Waals surface area (Å²) in [6.07, 6.45) is -7.08. The summed E-state index contributed by atoms with van der Waals surface area (Å²) < 4.78 is 23.1. The number of esters is 3. The molecule has 13 nitrogen and oxygen atoms in total. The van der Waals surface area contributed by atoms with Crippen molar-refractivity contribution in [2.75, 3.05) is 0 Å². The van der Waals surface area contributed by atoms with Crippen LogP contribution in [0.5, 0.6) is 0 Å². The SMILES string of the molecule is CC(=O)O[C@H]1[C@H]2[C@H]([C@@H]3[C@@H](O)[C@@H]4[C@H]([C@H](C)C=C5OC(=O)[C@@](C)(O)[C@@]54C)[C@@]3(OC(C)=O)[C@H]1O)[C@@H](O)C(=O)C1C[C@@H]3O[C@@H]3[C@H](O)[C@@]12C. The van der Waals surface area contributed by atoms with E-state index in [0.717, 1.165) is 13.8 Å². The van der Waals surface area contributed by atoms with Crippen molar-refractivity contribution in [2.24, 2.45) is 52.3 Å². The third kappa shape index (κ3) is 3.20. The molecular weight excluding hydrogens is 580 g/mol. The largest absolute Gasteiger partial charge is 0.459 e. The van der Waals surface area contributed by atoms with Gasteiger partial charge in [0.2, 0.25) is 0 Å². The second kappa shape index (κ2) is 8.89. The molecule has 2 saturated heterocycles. The molecule has 7 aliphatic rings. The Kier molecular flexibility index (Phi) is 6.11. The minimum Gasteiger partial charge on any atom is -0.459 e. The van der Waals surface area contributed by atoms with Crippen molar-refractivity contribution in [3.8, 4) is 0 Å². The number of hydrogen-bond donors (Lipinski definition) is 5. The van der Waals surface area contributed by atoms with Gasteiger partial charge in [-0.15, -0.1) is 0 Å². The Hall–Kier alpha value is -2.42. The molecule has 242 valence electrons. The van der Waals surface area contributed by atoms with Crippen LogP contribution in [0.4, 0.5) is 0 Å². The number of fused-ring (bicyclic) bond motifs is 10. The highest BCUT2D eigenvalue weighted by Crippen LogP contribution is 2.73. The second-order valence-electron chi connectivity index (χ2n) is 14.8. The van der Waals surface area contributed by atoms with E-state index in [-0.39, 0.29) is 18.3 Å². The van der Waals surface area contributed by atoms with E-state index >= 15 is 0 Å². The van der Waals surface area contributed by atoms with Crippen molar-refractivity contribution in [1.82, 2.24) is 0 Å². The number of allylic oxidation sites excluding steroid dienone is 1. The van der Waals surface area contributed by atoms with Crippen molar-refractivity contribution in [2.45, 2.75) is 102 Å². The maximum Gasteiger partial charge on any atom is 0.343 e. The Bertz CT molecular complexity index is 1390. The molecule has 2 aliphatic heterocycles. The third-order valence-corrected chi connectivity index (χ3v) is 13.0. The van der Waals surface area contributed by atoms with E-state index in [1.54, 1.807) is 26.8 Å². The van der Waals surface area contributed by atoms with E-state index in [9.17, 15) is 44.7 Å². The summed E-state index contributed by atoms with van der Waals surface area (Å²) in [7, 11) is 0. The first-order chi connectivity index (χ1) is 20.4. The average molecular weight is 621 g/mol. The lowest BCUT2D eigenvalue weighted by atomic mass is 9.43. The minimum atomic E-state index is -2.15. The Morgan fingerprint density at radius 2 is 1.61 bits per heavy atom. The van der Waals surface area contributed by atoms with Crippen molar-refractivity contribution in [3.05, 3.63) is 11.8 Å². The van der Waals surface area contributed by atoms with Gasteiger partial charge < -0.3 is 44.5 Å². The summed E-state index contributed by atoms with van der Waals surface area (Å²) in [5, 5.41) is 60.1. The monoisotopic (exact) mass is 620 g/mol. The minimum absolute atomic E-state index is 0.117. The lowest BCUT2D eigenvalue weighted by Crippen LogP contribution is -2.77. The highest BCUT2D eigenvalue weighted by atomic mass is 16.6. The first-order valence-corrected chi connectivity index (χ1v) is 15.3. The Morgan fingerprint density at radius 1 is 0.955 bits per heavy atom. The molecule has 2 heterocycles. The number of aliphatic hydroxyl groups excluding tert-OH is 4. The number of epoxide rings is 1. The molecule has 0 aromatic carbocycles. The van der Waals surface area contributed by atoms with E-state index in [2.05, 4.69) is 0 Å². The number of ketones is 1. The molecule has 5 N–H and O–H groups in total. The first-order valence-electron chi connectivity index (χ1n) is 15.3. The topological polar surface area (TPSA) is 210 Å². The fourth-order valence-corrected chi connectivity index (χ4v) is 11.1. The number of aliphatic hydroxyl groups is 5. The van der Waals surface area contributed by atoms with Gasteiger partial charge >= 0.3 is 17.9 Å². The van der Waals surface area contributed by atoms with Crippen molar-refractivity contribution in [1.29, 1.82) is 0 Å². The Balaban J connectivity index is 1.50. The van der Waals surface area contributed by atoms with E-state index in [4.69, 9.17) is 18.9 Å². The predicted molar refractivity (Wildman–Crippen MR) is 143 cm³/mol. The van der Waals surface area contributed by atoms with Crippen molar-refractivity contribution >= 4 is 23.7 Å². The van der Waals surface area contributed by atoms with Crippen LogP contribution in [0.3, 0.4) is 0 Å². The number of Topliss-reactive ketones (excluding diaryl/α,β-unsaturated/α-hetero) is 1. The molecule has 0 amide bonds. The normalized spacial score (nSPS) is 58.2. The Labute approximate surface area is 253 Å². The predicted octanol–water partition coefficient (Wildman–Crippen LogP) is -1.00. The van der Waals surface area contributed by atoms with Crippen LogP contribution in [0.25, 0.3) is 0 Å². The molecule has 0 aromatic rings.